The molecule has 0 spiro atoms. The zero-order valence-electron chi connectivity index (χ0n) is 10.00. The summed E-state index contributed by atoms with van der Waals surface area (Å²) in [6.45, 7) is 0.741. The summed E-state index contributed by atoms with van der Waals surface area (Å²) in [4.78, 5) is 0. The van der Waals surface area contributed by atoms with Gasteiger partial charge in [-0.3, -0.25) is 0 Å². The van der Waals surface area contributed by atoms with E-state index in [1.165, 1.54) is 0 Å². The molecule has 0 aliphatic heterocycles. The fourth-order valence-electron chi connectivity index (χ4n) is 1.40. The number of aliphatic hydroxyl groups excluding tert-OH is 4. The first-order chi connectivity index (χ1) is 7.99. The van der Waals surface area contributed by atoms with Crippen LogP contribution in [0.2, 0.25) is 0 Å². The first kappa shape index (κ1) is 16.7. The van der Waals surface area contributed by atoms with E-state index in [4.69, 9.17) is 11.5 Å². The zero-order valence-corrected chi connectivity index (χ0v) is 10.00. The van der Waals surface area contributed by atoms with Crippen molar-refractivity contribution in [1.82, 2.24) is 5.32 Å². The van der Waals surface area contributed by atoms with E-state index in [1.54, 1.807) is 0 Å². The van der Waals surface area contributed by atoms with Gasteiger partial charge in [-0.2, -0.15) is 0 Å². The van der Waals surface area contributed by atoms with Gasteiger partial charge in [-0.05, 0) is 0 Å². The molecule has 0 aliphatic rings. The van der Waals surface area contributed by atoms with E-state index in [2.05, 4.69) is 5.32 Å². The van der Waals surface area contributed by atoms with Gasteiger partial charge in [0.05, 0.1) is 24.4 Å². The molecule has 4 atom stereocenters. The lowest BCUT2D eigenvalue weighted by Crippen LogP contribution is -2.37. The van der Waals surface area contributed by atoms with Gasteiger partial charge >= 0.3 is 0 Å². The molecule has 0 radical (unpaired) electrons. The minimum absolute atomic E-state index is 0.113. The Morgan fingerprint density at radius 3 is 1.35 bits per heavy atom. The molecule has 0 fully saturated rings. The van der Waals surface area contributed by atoms with Crippen LogP contribution in [0.4, 0.5) is 0 Å². The molecule has 0 rings (SSSR count). The van der Waals surface area contributed by atoms with Gasteiger partial charge in [0.15, 0.2) is 0 Å². The molecule has 17 heavy (non-hydrogen) atoms. The van der Waals surface area contributed by atoms with Crippen LogP contribution in [0.5, 0.6) is 0 Å². The molecule has 0 saturated heterocycles. The lowest BCUT2D eigenvalue weighted by molar-refractivity contribution is 0.0701. The average Bonchev–Trinajstić information content (AvgIpc) is 2.28. The number of aliphatic hydroxyl groups is 4. The maximum Gasteiger partial charge on any atom is 0.0689 e. The summed E-state index contributed by atoms with van der Waals surface area (Å²) < 4.78 is 0. The van der Waals surface area contributed by atoms with Crippen LogP contribution in [0, 0.1) is 0 Å². The molecule has 104 valence electrons. The molecule has 0 aromatic rings. The van der Waals surface area contributed by atoms with Crippen LogP contribution < -0.4 is 16.8 Å². The normalized spacial score (nSPS) is 18.7. The summed E-state index contributed by atoms with van der Waals surface area (Å²) in [7, 11) is 0. The molecule has 7 heteroatoms. The molecule has 0 bridgehead atoms. The topological polar surface area (TPSA) is 145 Å². The standard InChI is InChI=1S/C10H25N3O4/c11-3-7(14)1-9(16)5-13-6-10(17)2-8(15)4-12/h7-10,13-17H,1-6,11-12H2/t7-,8+,9+,10?/m1/s1. The third-order valence-electron chi connectivity index (χ3n) is 2.39. The Kier molecular flexibility index (Phi) is 9.56. The van der Waals surface area contributed by atoms with E-state index in [0.717, 1.165) is 0 Å². The smallest absolute Gasteiger partial charge is 0.0689 e. The third-order valence-corrected chi connectivity index (χ3v) is 2.39. The second kappa shape index (κ2) is 9.72. The Balaban J connectivity index is 3.55. The molecule has 0 amide bonds. The van der Waals surface area contributed by atoms with Crippen LogP contribution in [-0.4, -0.2) is 71.0 Å². The van der Waals surface area contributed by atoms with Crippen LogP contribution >= 0.6 is 0 Å². The quantitative estimate of drug-likeness (QED) is 0.215. The highest BCUT2D eigenvalue weighted by molar-refractivity contribution is 4.70. The first-order valence-electron chi connectivity index (χ1n) is 5.82. The number of hydrogen-bond acceptors (Lipinski definition) is 7. The monoisotopic (exact) mass is 251 g/mol. The number of nitrogens with one attached hydrogen (secondary N) is 1. The summed E-state index contributed by atoms with van der Waals surface area (Å²) in [5.41, 5.74) is 10.4. The van der Waals surface area contributed by atoms with Crippen molar-refractivity contribution >= 4 is 0 Å². The van der Waals surface area contributed by atoms with Gasteiger partial charge < -0.3 is 37.2 Å². The van der Waals surface area contributed by atoms with Crippen LogP contribution in [0.25, 0.3) is 0 Å². The molecule has 0 heterocycles. The zero-order chi connectivity index (χ0) is 13.3. The highest BCUT2D eigenvalue weighted by Crippen LogP contribution is 1.98. The van der Waals surface area contributed by atoms with E-state index >= 15 is 0 Å². The SMILES string of the molecule is NC[C@@H](O)CC(O)CNC[C@@H](O)C[C@@H](O)CN. The Labute approximate surface area is 101 Å². The molecular formula is C10H25N3O4. The number of nitrogens with two attached hydrogens (primary N) is 2. The average molecular weight is 251 g/mol. The van der Waals surface area contributed by atoms with Gasteiger partial charge in [0.25, 0.3) is 0 Å². The first-order valence-corrected chi connectivity index (χ1v) is 5.82. The van der Waals surface area contributed by atoms with Gasteiger partial charge in [-0.1, -0.05) is 0 Å². The van der Waals surface area contributed by atoms with E-state index < -0.39 is 24.4 Å². The van der Waals surface area contributed by atoms with Crippen molar-refractivity contribution in [3.8, 4) is 0 Å². The minimum atomic E-state index is -0.712. The Morgan fingerprint density at radius 1 is 0.706 bits per heavy atom. The molecule has 0 aromatic carbocycles. The van der Waals surface area contributed by atoms with Crippen LogP contribution in [0.3, 0.4) is 0 Å². The van der Waals surface area contributed by atoms with Gasteiger partial charge in [-0.15, -0.1) is 0 Å². The molecule has 0 saturated carbocycles. The van der Waals surface area contributed by atoms with Crippen molar-refractivity contribution in [2.45, 2.75) is 37.3 Å². The van der Waals surface area contributed by atoms with Crippen molar-refractivity contribution in [3.05, 3.63) is 0 Å². The highest BCUT2D eigenvalue weighted by atomic mass is 16.3. The van der Waals surface area contributed by atoms with E-state index in [1.807, 2.05) is 0 Å². The predicted octanol–water partition coefficient (Wildman–Crippen LogP) is -3.28. The fraction of sp³-hybridized carbons (Fsp3) is 1.00. The molecule has 9 N–H and O–H groups in total. The van der Waals surface area contributed by atoms with E-state index in [9.17, 15) is 20.4 Å². The van der Waals surface area contributed by atoms with Crippen molar-refractivity contribution in [1.29, 1.82) is 0 Å². The molecule has 0 aromatic heterocycles. The fourth-order valence-corrected chi connectivity index (χ4v) is 1.40. The lowest BCUT2D eigenvalue weighted by Gasteiger charge is -2.18. The van der Waals surface area contributed by atoms with Gasteiger partial charge in [-0.25, -0.2) is 0 Å². The second-order valence-electron chi connectivity index (χ2n) is 4.22. The Hall–Kier alpha value is -0.280. The molecular weight excluding hydrogens is 226 g/mol. The van der Waals surface area contributed by atoms with Gasteiger partial charge in [0.1, 0.15) is 0 Å². The van der Waals surface area contributed by atoms with Crippen LogP contribution in [0.15, 0.2) is 0 Å². The maximum atomic E-state index is 9.46. The lowest BCUT2D eigenvalue weighted by atomic mass is 10.1. The summed E-state index contributed by atoms with van der Waals surface area (Å²) in [5.74, 6) is 0. The van der Waals surface area contributed by atoms with E-state index in [-0.39, 0.29) is 39.0 Å². The summed E-state index contributed by atoms with van der Waals surface area (Å²) in [6, 6.07) is 0. The predicted molar refractivity (Wildman–Crippen MR) is 64.2 cm³/mol. The van der Waals surface area contributed by atoms with Crippen molar-refractivity contribution in [3.63, 3.8) is 0 Å². The largest absolute Gasteiger partial charge is 0.392 e. The van der Waals surface area contributed by atoms with Crippen molar-refractivity contribution < 1.29 is 20.4 Å². The maximum absolute atomic E-state index is 9.46. The second-order valence-corrected chi connectivity index (χ2v) is 4.22. The van der Waals surface area contributed by atoms with Crippen molar-refractivity contribution in [2.75, 3.05) is 26.2 Å². The summed E-state index contributed by atoms with van der Waals surface area (Å²) >= 11 is 0. The summed E-state index contributed by atoms with van der Waals surface area (Å²) in [6.07, 6.45) is -2.44. The third kappa shape index (κ3) is 9.42. The van der Waals surface area contributed by atoms with E-state index in [0.29, 0.717) is 0 Å². The summed E-state index contributed by atoms with van der Waals surface area (Å²) in [5, 5.41) is 40.1. The highest BCUT2D eigenvalue weighted by Gasteiger charge is 2.13. The van der Waals surface area contributed by atoms with Crippen LogP contribution in [-0.2, 0) is 0 Å². The van der Waals surface area contributed by atoms with Crippen LogP contribution in [0.1, 0.15) is 12.8 Å². The Morgan fingerprint density at radius 2 is 1.06 bits per heavy atom. The van der Waals surface area contributed by atoms with Crippen molar-refractivity contribution in [2.24, 2.45) is 11.5 Å². The van der Waals surface area contributed by atoms with Gasteiger partial charge in [0.2, 0.25) is 0 Å². The molecule has 7 nitrogen and oxygen atoms in total. The number of rotatable bonds is 10. The molecule has 1 unspecified atom stereocenters. The molecule has 0 aliphatic carbocycles. The minimum Gasteiger partial charge on any atom is -0.392 e. The Bertz CT molecular complexity index is 167. The van der Waals surface area contributed by atoms with Gasteiger partial charge in [0, 0.05) is 39.0 Å². The number of hydrogen-bond donors (Lipinski definition) is 7.